The van der Waals surface area contributed by atoms with Crippen LogP contribution in [0.15, 0.2) is 41.7 Å². The number of anilines is 1. The van der Waals surface area contributed by atoms with Gasteiger partial charge in [-0.25, -0.2) is 15.0 Å². The van der Waals surface area contributed by atoms with Gasteiger partial charge in [-0.2, -0.15) is 5.10 Å². The molecule has 3 heterocycles. The molecule has 0 spiro atoms. The Balaban J connectivity index is 1.79. The number of H-pyrrole nitrogens is 2. The Hall–Kier alpha value is -3.00. The number of hydrogen-bond donors (Lipinski definition) is 3. The summed E-state index contributed by atoms with van der Waals surface area (Å²) >= 11 is 1.56. The molecule has 0 saturated heterocycles. The molecule has 3 aromatic heterocycles. The van der Waals surface area contributed by atoms with Crippen LogP contribution in [0.5, 0.6) is 0 Å². The molecule has 22 heavy (non-hydrogen) atoms. The number of rotatable bonds is 3. The third kappa shape index (κ3) is 2.15. The molecule has 4 aromatic rings. The highest BCUT2D eigenvalue weighted by atomic mass is 32.1. The number of aromatic amines is 2. The SMILES string of the molecule is Nc1[nH]nc(/N=C/c2ncc[nH]2)c1-c1nc2ccccc2s1. The van der Waals surface area contributed by atoms with E-state index in [4.69, 9.17) is 5.73 Å². The van der Waals surface area contributed by atoms with Gasteiger partial charge in [0.05, 0.1) is 22.0 Å². The van der Waals surface area contributed by atoms with E-state index < -0.39 is 0 Å². The second-order valence-corrected chi connectivity index (χ2v) is 5.59. The highest BCUT2D eigenvalue weighted by Gasteiger charge is 2.16. The number of nitrogens with one attached hydrogen (secondary N) is 2. The topological polar surface area (TPSA) is 109 Å². The minimum atomic E-state index is 0.450. The number of benzene rings is 1. The lowest BCUT2D eigenvalue weighted by Crippen LogP contribution is -1.87. The van der Waals surface area contributed by atoms with Crippen LogP contribution in [-0.2, 0) is 0 Å². The second kappa shape index (κ2) is 5.08. The first-order chi connectivity index (χ1) is 10.8. The number of nitrogens with two attached hydrogens (primary N) is 1. The lowest BCUT2D eigenvalue weighted by atomic mass is 10.3. The first-order valence-electron chi connectivity index (χ1n) is 6.54. The summed E-state index contributed by atoms with van der Waals surface area (Å²) in [7, 11) is 0. The average Bonchev–Trinajstić information content (AvgIpc) is 3.24. The summed E-state index contributed by atoms with van der Waals surface area (Å²) in [5.74, 6) is 1.59. The third-order valence-electron chi connectivity index (χ3n) is 3.11. The number of para-hydroxylation sites is 1. The van der Waals surface area contributed by atoms with E-state index in [1.54, 1.807) is 29.9 Å². The molecule has 4 rings (SSSR count). The number of imidazole rings is 1. The van der Waals surface area contributed by atoms with Crippen LogP contribution in [0.25, 0.3) is 20.8 Å². The van der Waals surface area contributed by atoms with Crippen LogP contribution >= 0.6 is 11.3 Å². The molecular formula is C14H11N7S. The van der Waals surface area contributed by atoms with Crippen LogP contribution in [0.3, 0.4) is 0 Å². The van der Waals surface area contributed by atoms with E-state index in [0.717, 1.165) is 15.2 Å². The van der Waals surface area contributed by atoms with Crippen molar-refractivity contribution in [2.45, 2.75) is 0 Å². The van der Waals surface area contributed by atoms with Gasteiger partial charge < -0.3 is 10.7 Å². The highest BCUT2D eigenvalue weighted by Crippen LogP contribution is 2.37. The van der Waals surface area contributed by atoms with Gasteiger partial charge in [-0.05, 0) is 12.1 Å². The predicted octanol–water partition coefficient (Wildman–Crippen LogP) is 2.74. The summed E-state index contributed by atoms with van der Waals surface area (Å²) in [5, 5.41) is 7.69. The zero-order valence-corrected chi connectivity index (χ0v) is 12.1. The Kier molecular flexibility index (Phi) is 2.94. The van der Waals surface area contributed by atoms with E-state index >= 15 is 0 Å². The zero-order chi connectivity index (χ0) is 14.9. The van der Waals surface area contributed by atoms with Crippen molar-refractivity contribution in [3.63, 3.8) is 0 Å². The molecule has 8 heteroatoms. The summed E-state index contributed by atoms with van der Waals surface area (Å²) in [6, 6.07) is 7.94. The zero-order valence-electron chi connectivity index (χ0n) is 11.3. The summed E-state index contributed by atoms with van der Waals surface area (Å²) in [6.07, 6.45) is 5.00. The van der Waals surface area contributed by atoms with Gasteiger partial charge in [0.25, 0.3) is 0 Å². The molecule has 0 atom stereocenters. The van der Waals surface area contributed by atoms with Crippen molar-refractivity contribution in [3.05, 3.63) is 42.5 Å². The van der Waals surface area contributed by atoms with Crippen molar-refractivity contribution >= 4 is 39.4 Å². The Morgan fingerprint density at radius 1 is 1.27 bits per heavy atom. The monoisotopic (exact) mass is 309 g/mol. The van der Waals surface area contributed by atoms with Crippen LogP contribution in [0, 0.1) is 0 Å². The number of nitrogens with zero attached hydrogens (tertiary/aromatic N) is 4. The van der Waals surface area contributed by atoms with Crippen molar-refractivity contribution in [3.8, 4) is 10.6 Å². The summed E-state index contributed by atoms with van der Waals surface area (Å²) < 4.78 is 1.10. The van der Waals surface area contributed by atoms with Crippen LogP contribution in [0.2, 0.25) is 0 Å². The number of hydrogen-bond acceptors (Lipinski definition) is 6. The molecule has 0 amide bonds. The first kappa shape index (κ1) is 12.7. The highest BCUT2D eigenvalue weighted by molar-refractivity contribution is 7.21. The lowest BCUT2D eigenvalue weighted by molar-refractivity contribution is 1.09. The van der Waals surface area contributed by atoms with Crippen molar-refractivity contribution < 1.29 is 0 Å². The third-order valence-corrected chi connectivity index (χ3v) is 4.17. The molecular weight excluding hydrogens is 298 g/mol. The van der Waals surface area contributed by atoms with Gasteiger partial charge in [0, 0.05) is 12.4 Å². The Bertz CT molecular complexity index is 916. The second-order valence-electron chi connectivity index (χ2n) is 4.56. The van der Waals surface area contributed by atoms with E-state index in [1.165, 1.54) is 0 Å². The fraction of sp³-hybridized carbons (Fsp3) is 0. The number of aliphatic imine (C=N–C) groups is 1. The van der Waals surface area contributed by atoms with Gasteiger partial charge in [-0.1, -0.05) is 12.1 Å². The van der Waals surface area contributed by atoms with E-state index in [1.807, 2.05) is 24.3 Å². The van der Waals surface area contributed by atoms with E-state index in [-0.39, 0.29) is 0 Å². The summed E-state index contributed by atoms with van der Waals surface area (Å²) in [6.45, 7) is 0. The van der Waals surface area contributed by atoms with Gasteiger partial charge in [0.2, 0.25) is 0 Å². The minimum absolute atomic E-state index is 0.450. The number of nitrogen functional groups attached to an aromatic ring is 1. The normalized spacial score (nSPS) is 11.6. The van der Waals surface area contributed by atoms with Crippen molar-refractivity contribution in [1.82, 2.24) is 25.1 Å². The van der Waals surface area contributed by atoms with Crippen LogP contribution < -0.4 is 5.73 Å². The van der Waals surface area contributed by atoms with Crippen molar-refractivity contribution in [2.24, 2.45) is 4.99 Å². The number of fused-ring (bicyclic) bond motifs is 1. The Morgan fingerprint density at radius 3 is 3.00 bits per heavy atom. The molecule has 0 aliphatic rings. The fourth-order valence-corrected chi connectivity index (χ4v) is 3.12. The lowest BCUT2D eigenvalue weighted by Gasteiger charge is -1.94. The van der Waals surface area contributed by atoms with Crippen LogP contribution in [-0.4, -0.2) is 31.4 Å². The molecule has 4 N–H and O–H groups in total. The molecule has 0 aliphatic heterocycles. The van der Waals surface area contributed by atoms with Crippen molar-refractivity contribution in [2.75, 3.05) is 5.73 Å². The Morgan fingerprint density at radius 2 is 2.18 bits per heavy atom. The molecule has 0 aliphatic carbocycles. The van der Waals surface area contributed by atoms with Gasteiger partial charge >= 0.3 is 0 Å². The predicted molar refractivity (Wildman–Crippen MR) is 87.5 cm³/mol. The van der Waals surface area contributed by atoms with E-state index in [2.05, 4.69) is 30.1 Å². The molecule has 7 nitrogen and oxygen atoms in total. The van der Waals surface area contributed by atoms with Gasteiger partial charge in [-0.3, -0.25) is 5.10 Å². The first-order valence-corrected chi connectivity index (χ1v) is 7.36. The number of thiazole rings is 1. The maximum absolute atomic E-state index is 6.00. The molecule has 0 saturated carbocycles. The molecule has 1 aromatic carbocycles. The quantitative estimate of drug-likeness (QED) is 0.505. The van der Waals surface area contributed by atoms with Crippen LogP contribution in [0.4, 0.5) is 11.6 Å². The van der Waals surface area contributed by atoms with Gasteiger partial charge in [0.15, 0.2) is 5.82 Å². The van der Waals surface area contributed by atoms with Crippen LogP contribution in [0.1, 0.15) is 5.82 Å². The fourth-order valence-electron chi connectivity index (χ4n) is 2.10. The smallest absolute Gasteiger partial charge is 0.186 e. The minimum Gasteiger partial charge on any atom is -0.383 e. The average molecular weight is 309 g/mol. The summed E-state index contributed by atoms with van der Waals surface area (Å²) in [4.78, 5) is 16.0. The maximum atomic E-state index is 6.00. The molecule has 0 radical (unpaired) electrons. The molecule has 108 valence electrons. The Labute approximate surface area is 129 Å². The maximum Gasteiger partial charge on any atom is 0.186 e. The standard InChI is InChI=1S/C14H11N7S/c15-12-11(14-19-8-3-1-2-4-9(8)22-14)13(21-20-12)18-7-10-16-5-6-17-10/h1-7H,(H,16,17)(H3,15,20,21)/b18-7+. The molecule has 0 unspecified atom stereocenters. The van der Waals surface area contributed by atoms with Gasteiger partial charge in [-0.15, -0.1) is 11.3 Å². The van der Waals surface area contributed by atoms with E-state index in [0.29, 0.717) is 23.0 Å². The van der Waals surface area contributed by atoms with Crippen molar-refractivity contribution in [1.29, 1.82) is 0 Å². The van der Waals surface area contributed by atoms with Gasteiger partial charge in [0.1, 0.15) is 16.6 Å². The largest absolute Gasteiger partial charge is 0.383 e. The number of aromatic nitrogens is 5. The molecule has 0 bridgehead atoms. The van der Waals surface area contributed by atoms with E-state index in [9.17, 15) is 0 Å². The summed E-state index contributed by atoms with van der Waals surface area (Å²) in [5.41, 5.74) is 7.64. The molecule has 0 fully saturated rings.